The van der Waals surface area contributed by atoms with Gasteiger partial charge in [-0.2, -0.15) is 0 Å². The predicted molar refractivity (Wildman–Crippen MR) is 66.7 cm³/mol. The molecule has 0 aliphatic rings. The van der Waals surface area contributed by atoms with Crippen molar-refractivity contribution in [3.63, 3.8) is 0 Å². The van der Waals surface area contributed by atoms with Crippen molar-refractivity contribution in [2.24, 2.45) is 0 Å². The van der Waals surface area contributed by atoms with Crippen molar-refractivity contribution in [3.05, 3.63) is 33.8 Å². The number of benzene rings is 1. The number of hydrogen-bond donors (Lipinski definition) is 2. The van der Waals surface area contributed by atoms with Gasteiger partial charge in [0.15, 0.2) is 0 Å². The Labute approximate surface area is 101 Å². The van der Waals surface area contributed by atoms with Crippen molar-refractivity contribution in [1.82, 2.24) is 10.6 Å². The molecule has 4 heteroatoms. The van der Waals surface area contributed by atoms with E-state index in [1.807, 2.05) is 18.2 Å². The van der Waals surface area contributed by atoms with Gasteiger partial charge in [0.05, 0.1) is 10.0 Å². The summed E-state index contributed by atoms with van der Waals surface area (Å²) in [6.07, 6.45) is 0. The topological polar surface area (TPSA) is 24.1 Å². The largest absolute Gasteiger partial charge is 0.316 e. The van der Waals surface area contributed by atoms with Crippen molar-refractivity contribution in [1.29, 1.82) is 0 Å². The van der Waals surface area contributed by atoms with Crippen LogP contribution in [0.5, 0.6) is 0 Å². The van der Waals surface area contributed by atoms with E-state index >= 15 is 0 Å². The van der Waals surface area contributed by atoms with Gasteiger partial charge in [-0.3, -0.25) is 0 Å². The van der Waals surface area contributed by atoms with Gasteiger partial charge in [-0.05, 0) is 24.2 Å². The van der Waals surface area contributed by atoms with Crippen LogP contribution in [0.15, 0.2) is 18.2 Å². The van der Waals surface area contributed by atoms with E-state index in [1.54, 1.807) is 0 Å². The van der Waals surface area contributed by atoms with Gasteiger partial charge in [0.2, 0.25) is 0 Å². The first kappa shape index (κ1) is 12.8. The molecule has 0 aliphatic heterocycles. The van der Waals surface area contributed by atoms with Crippen LogP contribution in [0.25, 0.3) is 0 Å². The Bertz CT molecular complexity index is 303. The zero-order chi connectivity index (χ0) is 11.1. The Hall–Kier alpha value is -0.280. The minimum Gasteiger partial charge on any atom is -0.316 e. The van der Waals surface area contributed by atoms with Crippen molar-refractivity contribution in [3.8, 4) is 0 Å². The third kappa shape index (κ3) is 4.85. The lowest BCUT2D eigenvalue weighted by Gasteiger charge is -2.06. The lowest BCUT2D eigenvalue weighted by molar-refractivity contribution is 0.625. The van der Waals surface area contributed by atoms with Crippen molar-refractivity contribution in [2.75, 3.05) is 19.6 Å². The number of likely N-dealkylation sites (N-methyl/N-ethyl adjacent to an activating group) is 1. The van der Waals surface area contributed by atoms with Gasteiger partial charge in [-0.1, -0.05) is 36.2 Å². The molecule has 1 aromatic carbocycles. The van der Waals surface area contributed by atoms with Crippen LogP contribution < -0.4 is 10.6 Å². The van der Waals surface area contributed by atoms with E-state index in [9.17, 15) is 0 Å². The van der Waals surface area contributed by atoms with E-state index in [0.29, 0.717) is 10.0 Å². The Morgan fingerprint density at radius 3 is 2.47 bits per heavy atom. The Balaban J connectivity index is 2.28. The van der Waals surface area contributed by atoms with Crippen molar-refractivity contribution in [2.45, 2.75) is 13.5 Å². The molecule has 0 aliphatic carbocycles. The molecule has 1 aromatic rings. The summed E-state index contributed by atoms with van der Waals surface area (Å²) in [6.45, 7) is 5.86. The highest BCUT2D eigenvalue weighted by molar-refractivity contribution is 6.42. The highest BCUT2D eigenvalue weighted by Crippen LogP contribution is 2.22. The van der Waals surface area contributed by atoms with E-state index in [1.165, 1.54) is 0 Å². The molecule has 84 valence electrons. The highest BCUT2D eigenvalue weighted by atomic mass is 35.5. The van der Waals surface area contributed by atoms with Crippen LogP contribution in [-0.2, 0) is 6.54 Å². The Kier molecular flexibility index (Phi) is 6.03. The second-order valence-corrected chi connectivity index (χ2v) is 4.09. The molecular formula is C11H16Cl2N2. The summed E-state index contributed by atoms with van der Waals surface area (Å²) in [5.74, 6) is 0. The van der Waals surface area contributed by atoms with Gasteiger partial charge in [0.25, 0.3) is 0 Å². The average molecular weight is 247 g/mol. The summed E-state index contributed by atoms with van der Waals surface area (Å²) >= 11 is 11.7. The van der Waals surface area contributed by atoms with Crippen LogP contribution in [0.3, 0.4) is 0 Å². The molecule has 2 N–H and O–H groups in total. The molecule has 0 spiro atoms. The SMILES string of the molecule is CCNCCNCc1ccc(Cl)c(Cl)c1. The maximum absolute atomic E-state index is 5.90. The fourth-order valence-corrected chi connectivity index (χ4v) is 1.56. The maximum atomic E-state index is 5.90. The zero-order valence-electron chi connectivity index (χ0n) is 8.82. The number of hydrogen-bond acceptors (Lipinski definition) is 2. The Morgan fingerprint density at radius 2 is 1.80 bits per heavy atom. The molecule has 0 aromatic heterocycles. The molecule has 0 unspecified atom stereocenters. The van der Waals surface area contributed by atoms with Crippen molar-refractivity contribution < 1.29 is 0 Å². The standard InChI is InChI=1S/C11H16Cl2N2/c1-2-14-5-6-15-8-9-3-4-10(12)11(13)7-9/h3-4,7,14-15H,2,5-6,8H2,1H3. The summed E-state index contributed by atoms with van der Waals surface area (Å²) in [7, 11) is 0. The third-order valence-electron chi connectivity index (χ3n) is 2.04. The lowest BCUT2D eigenvalue weighted by atomic mass is 10.2. The van der Waals surface area contributed by atoms with Crippen LogP contribution in [0, 0.1) is 0 Å². The fraction of sp³-hybridized carbons (Fsp3) is 0.455. The molecule has 1 rings (SSSR count). The molecular weight excluding hydrogens is 231 g/mol. The third-order valence-corrected chi connectivity index (χ3v) is 2.78. The lowest BCUT2D eigenvalue weighted by Crippen LogP contribution is -2.26. The number of halogens is 2. The summed E-state index contributed by atoms with van der Waals surface area (Å²) < 4.78 is 0. The normalized spacial score (nSPS) is 10.6. The maximum Gasteiger partial charge on any atom is 0.0595 e. The first-order valence-corrected chi connectivity index (χ1v) is 5.85. The smallest absolute Gasteiger partial charge is 0.0595 e. The van der Waals surface area contributed by atoms with Gasteiger partial charge in [0.1, 0.15) is 0 Å². The highest BCUT2D eigenvalue weighted by Gasteiger charge is 1.98. The van der Waals surface area contributed by atoms with Gasteiger partial charge in [-0.15, -0.1) is 0 Å². The summed E-state index contributed by atoms with van der Waals surface area (Å²) in [5, 5.41) is 7.78. The Morgan fingerprint density at radius 1 is 1.07 bits per heavy atom. The quantitative estimate of drug-likeness (QED) is 0.755. The first-order valence-electron chi connectivity index (χ1n) is 5.09. The summed E-state index contributed by atoms with van der Waals surface area (Å²) in [5.41, 5.74) is 1.15. The predicted octanol–water partition coefficient (Wildman–Crippen LogP) is 2.69. The van der Waals surface area contributed by atoms with E-state index in [-0.39, 0.29) is 0 Å². The van der Waals surface area contributed by atoms with Crippen LogP contribution >= 0.6 is 23.2 Å². The van der Waals surface area contributed by atoms with Gasteiger partial charge >= 0.3 is 0 Å². The molecule has 0 saturated carbocycles. The van der Waals surface area contributed by atoms with Crippen LogP contribution in [0.2, 0.25) is 10.0 Å². The molecule has 0 heterocycles. The zero-order valence-corrected chi connectivity index (χ0v) is 10.3. The summed E-state index contributed by atoms with van der Waals surface area (Å²) in [6, 6.07) is 5.70. The van der Waals surface area contributed by atoms with Crippen LogP contribution in [-0.4, -0.2) is 19.6 Å². The van der Waals surface area contributed by atoms with Gasteiger partial charge in [0, 0.05) is 19.6 Å². The molecule has 0 amide bonds. The van der Waals surface area contributed by atoms with E-state index in [4.69, 9.17) is 23.2 Å². The number of nitrogens with one attached hydrogen (secondary N) is 2. The molecule has 0 bridgehead atoms. The minimum absolute atomic E-state index is 0.605. The van der Waals surface area contributed by atoms with E-state index in [0.717, 1.165) is 31.7 Å². The molecule has 0 saturated heterocycles. The second kappa shape index (κ2) is 7.07. The molecule has 15 heavy (non-hydrogen) atoms. The number of rotatable bonds is 6. The van der Waals surface area contributed by atoms with Gasteiger partial charge < -0.3 is 10.6 Å². The monoisotopic (exact) mass is 246 g/mol. The van der Waals surface area contributed by atoms with E-state index < -0.39 is 0 Å². The second-order valence-electron chi connectivity index (χ2n) is 3.28. The molecule has 2 nitrogen and oxygen atoms in total. The van der Waals surface area contributed by atoms with Crippen LogP contribution in [0.4, 0.5) is 0 Å². The first-order chi connectivity index (χ1) is 7.24. The minimum atomic E-state index is 0.605. The van der Waals surface area contributed by atoms with Gasteiger partial charge in [-0.25, -0.2) is 0 Å². The molecule has 0 radical (unpaired) electrons. The van der Waals surface area contributed by atoms with Crippen LogP contribution in [0.1, 0.15) is 12.5 Å². The van der Waals surface area contributed by atoms with Crippen molar-refractivity contribution >= 4 is 23.2 Å². The van der Waals surface area contributed by atoms with E-state index in [2.05, 4.69) is 17.6 Å². The fourth-order valence-electron chi connectivity index (χ4n) is 1.24. The molecule has 0 atom stereocenters. The molecule has 0 fully saturated rings. The average Bonchev–Trinajstić information content (AvgIpc) is 2.23. The summed E-state index contributed by atoms with van der Waals surface area (Å²) in [4.78, 5) is 0.